The molecule has 0 unspecified atom stereocenters. The van der Waals surface area contributed by atoms with E-state index in [9.17, 15) is 4.79 Å². The Balaban J connectivity index is 1.63. The first-order valence-electron chi connectivity index (χ1n) is 7.44. The fourth-order valence-electron chi connectivity index (χ4n) is 2.74. The molecule has 116 valence electrons. The lowest BCUT2D eigenvalue weighted by molar-refractivity contribution is -0.121. The molecule has 1 fully saturated rings. The van der Waals surface area contributed by atoms with Crippen LogP contribution < -0.4 is 5.32 Å². The molecule has 0 bridgehead atoms. The number of nitrogens with zero attached hydrogens (tertiary/aromatic N) is 3. The Morgan fingerprint density at radius 2 is 2.32 bits per heavy atom. The van der Waals surface area contributed by atoms with E-state index in [1.54, 1.807) is 17.1 Å². The second kappa shape index (κ2) is 6.27. The maximum Gasteiger partial charge on any atom is 0.224 e. The smallest absolute Gasteiger partial charge is 0.224 e. The summed E-state index contributed by atoms with van der Waals surface area (Å²) in [6, 6.07) is 5.77. The van der Waals surface area contributed by atoms with Crippen molar-refractivity contribution < 1.29 is 9.53 Å². The summed E-state index contributed by atoms with van der Waals surface area (Å²) in [5.41, 5.74) is 2.85. The van der Waals surface area contributed by atoms with Crippen LogP contribution in [0.2, 0.25) is 0 Å². The molecule has 22 heavy (non-hydrogen) atoms. The van der Waals surface area contributed by atoms with Crippen molar-refractivity contribution in [1.29, 1.82) is 0 Å². The zero-order chi connectivity index (χ0) is 15.5. The van der Waals surface area contributed by atoms with Crippen LogP contribution in [0.15, 0.2) is 30.6 Å². The average molecular weight is 300 g/mol. The minimum Gasteiger partial charge on any atom is -0.370 e. The van der Waals surface area contributed by atoms with Gasteiger partial charge >= 0.3 is 0 Å². The fourth-order valence-corrected chi connectivity index (χ4v) is 2.74. The van der Waals surface area contributed by atoms with Gasteiger partial charge in [0.25, 0.3) is 0 Å². The van der Waals surface area contributed by atoms with E-state index in [-0.39, 0.29) is 18.1 Å². The Labute approximate surface area is 129 Å². The molecule has 2 aromatic heterocycles. The first kappa shape index (κ1) is 14.7. The van der Waals surface area contributed by atoms with Gasteiger partial charge in [0.2, 0.25) is 5.91 Å². The molecular weight excluding hydrogens is 280 g/mol. The molecule has 0 aromatic carbocycles. The average Bonchev–Trinajstić information content (AvgIpc) is 3.10. The summed E-state index contributed by atoms with van der Waals surface area (Å²) in [5.74, 6) is -0.00618. The zero-order valence-corrected chi connectivity index (χ0v) is 12.8. The first-order chi connectivity index (χ1) is 10.6. The minimum absolute atomic E-state index is 0.00618. The molecule has 2 atom stereocenters. The van der Waals surface area contributed by atoms with Gasteiger partial charge in [-0.25, -0.2) is 0 Å². The summed E-state index contributed by atoms with van der Waals surface area (Å²) in [6.07, 6.45) is 4.51. The number of aryl methyl sites for hydroxylation is 2. The molecular formula is C16H20N4O2. The number of pyridine rings is 1. The molecule has 1 N–H and O–H groups in total. The molecule has 0 aliphatic carbocycles. The van der Waals surface area contributed by atoms with Gasteiger partial charge in [-0.3, -0.25) is 14.5 Å². The highest BCUT2D eigenvalue weighted by atomic mass is 16.5. The van der Waals surface area contributed by atoms with E-state index >= 15 is 0 Å². The zero-order valence-electron chi connectivity index (χ0n) is 12.8. The normalized spacial score (nSPS) is 21.0. The van der Waals surface area contributed by atoms with Gasteiger partial charge in [-0.1, -0.05) is 6.07 Å². The highest BCUT2D eigenvalue weighted by molar-refractivity contribution is 5.78. The summed E-state index contributed by atoms with van der Waals surface area (Å²) in [7, 11) is 1.88. The SMILES string of the molecule is Cc1ccc(CC(=O)N[C@H]2CCO[C@@H]2c2ccnn2C)cn1. The van der Waals surface area contributed by atoms with Gasteiger partial charge < -0.3 is 10.1 Å². The van der Waals surface area contributed by atoms with Gasteiger partial charge in [0.1, 0.15) is 6.10 Å². The molecule has 0 saturated carbocycles. The lowest BCUT2D eigenvalue weighted by Crippen LogP contribution is -2.38. The highest BCUT2D eigenvalue weighted by Gasteiger charge is 2.32. The molecule has 0 radical (unpaired) electrons. The predicted molar refractivity (Wildman–Crippen MR) is 81.1 cm³/mol. The minimum atomic E-state index is -0.132. The third-order valence-electron chi connectivity index (χ3n) is 3.93. The predicted octanol–water partition coefficient (Wildman–Crippen LogP) is 1.31. The van der Waals surface area contributed by atoms with Crippen molar-refractivity contribution in [2.24, 2.45) is 7.05 Å². The number of aromatic nitrogens is 3. The molecule has 1 aliphatic rings. The summed E-state index contributed by atoms with van der Waals surface area (Å²) in [5, 5.41) is 7.24. The summed E-state index contributed by atoms with van der Waals surface area (Å²) in [4.78, 5) is 16.5. The topological polar surface area (TPSA) is 69.0 Å². The number of carbonyl (C=O) groups is 1. The second-order valence-corrected chi connectivity index (χ2v) is 5.62. The van der Waals surface area contributed by atoms with Crippen LogP contribution in [0.4, 0.5) is 0 Å². The molecule has 1 amide bonds. The van der Waals surface area contributed by atoms with Crippen molar-refractivity contribution in [1.82, 2.24) is 20.1 Å². The molecule has 6 heteroatoms. The van der Waals surface area contributed by atoms with Crippen molar-refractivity contribution in [2.45, 2.75) is 31.9 Å². The van der Waals surface area contributed by atoms with Crippen molar-refractivity contribution >= 4 is 5.91 Å². The van der Waals surface area contributed by atoms with Crippen LogP contribution >= 0.6 is 0 Å². The Kier molecular flexibility index (Phi) is 4.20. The van der Waals surface area contributed by atoms with E-state index in [2.05, 4.69) is 15.4 Å². The number of hydrogen-bond donors (Lipinski definition) is 1. The standard InChI is InChI=1S/C16H20N4O2/c1-11-3-4-12(10-17-11)9-15(21)19-13-6-8-22-16(13)14-5-7-18-20(14)2/h3-5,7,10,13,16H,6,8-9H2,1-2H3,(H,19,21)/t13-,16-/m0/s1. The van der Waals surface area contributed by atoms with Gasteiger partial charge in [0.15, 0.2) is 0 Å². The Morgan fingerprint density at radius 1 is 1.45 bits per heavy atom. The van der Waals surface area contributed by atoms with Crippen LogP contribution in [-0.4, -0.2) is 33.3 Å². The van der Waals surface area contributed by atoms with Crippen molar-refractivity contribution in [3.63, 3.8) is 0 Å². The number of nitrogens with one attached hydrogen (secondary N) is 1. The Bertz CT molecular complexity index is 650. The Morgan fingerprint density at radius 3 is 3.00 bits per heavy atom. The lowest BCUT2D eigenvalue weighted by Gasteiger charge is -2.20. The Hall–Kier alpha value is -2.21. The number of ether oxygens (including phenoxy) is 1. The van der Waals surface area contributed by atoms with Crippen LogP contribution in [-0.2, 0) is 23.0 Å². The van der Waals surface area contributed by atoms with E-state index < -0.39 is 0 Å². The third kappa shape index (κ3) is 3.17. The number of hydrogen-bond acceptors (Lipinski definition) is 4. The molecule has 2 aromatic rings. The van der Waals surface area contributed by atoms with Crippen LogP contribution in [0.25, 0.3) is 0 Å². The van der Waals surface area contributed by atoms with E-state index in [0.29, 0.717) is 13.0 Å². The quantitative estimate of drug-likeness (QED) is 0.924. The first-order valence-corrected chi connectivity index (χ1v) is 7.44. The number of rotatable bonds is 4. The van der Waals surface area contributed by atoms with Crippen LogP contribution in [0.5, 0.6) is 0 Å². The maximum absolute atomic E-state index is 12.2. The maximum atomic E-state index is 12.2. The van der Waals surface area contributed by atoms with Gasteiger partial charge in [-0.2, -0.15) is 5.10 Å². The third-order valence-corrected chi connectivity index (χ3v) is 3.93. The highest BCUT2D eigenvalue weighted by Crippen LogP contribution is 2.28. The molecule has 1 aliphatic heterocycles. The number of amides is 1. The lowest BCUT2D eigenvalue weighted by atomic mass is 10.1. The van der Waals surface area contributed by atoms with Gasteiger partial charge in [0.05, 0.1) is 18.2 Å². The van der Waals surface area contributed by atoms with Crippen LogP contribution in [0.3, 0.4) is 0 Å². The summed E-state index contributed by atoms with van der Waals surface area (Å²) in [6.45, 7) is 2.57. The van der Waals surface area contributed by atoms with E-state index in [1.807, 2.05) is 32.2 Å². The monoisotopic (exact) mass is 300 g/mol. The van der Waals surface area contributed by atoms with E-state index in [4.69, 9.17) is 4.74 Å². The van der Waals surface area contributed by atoms with Gasteiger partial charge in [-0.05, 0) is 31.0 Å². The van der Waals surface area contributed by atoms with Crippen molar-refractivity contribution in [3.8, 4) is 0 Å². The van der Waals surface area contributed by atoms with Crippen LogP contribution in [0, 0.1) is 6.92 Å². The molecule has 3 heterocycles. The van der Waals surface area contributed by atoms with Gasteiger partial charge in [-0.15, -0.1) is 0 Å². The molecule has 3 rings (SSSR count). The van der Waals surface area contributed by atoms with Crippen LogP contribution in [0.1, 0.15) is 29.5 Å². The largest absolute Gasteiger partial charge is 0.370 e. The molecule has 6 nitrogen and oxygen atoms in total. The van der Waals surface area contributed by atoms with E-state index in [0.717, 1.165) is 23.4 Å². The molecule has 1 saturated heterocycles. The fraction of sp³-hybridized carbons (Fsp3) is 0.438. The van der Waals surface area contributed by atoms with Gasteiger partial charge in [0, 0.05) is 31.7 Å². The van der Waals surface area contributed by atoms with Crippen molar-refractivity contribution in [3.05, 3.63) is 47.5 Å². The van der Waals surface area contributed by atoms with E-state index in [1.165, 1.54) is 0 Å². The number of carbonyl (C=O) groups excluding carboxylic acids is 1. The summed E-state index contributed by atoms with van der Waals surface area (Å²) >= 11 is 0. The molecule has 0 spiro atoms. The van der Waals surface area contributed by atoms with Crippen molar-refractivity contribution in [2.75, 3.05) is 6.61 Å². The summed E-state index contributed by atoms with van der Waals surface area (Å²) < 4.78 is 7.56. The second-order valence-electron chi connectivity index (χ2n) is 5.62.